The van der Waals surface area contributed by atoms with Crippen molar-refractivity contribution in [1.29, 1.82) is 0 Å². The van der Waals surface area contributed by atoms with Crippen LogP contribution in [-0.4, -0.2) is 86.0 Å². The number of allylic oxidation sites excluding steroid dienone is 3. The number of nitrogens with zero attached hydrogens (tertiary/aromatic N) is 1. The maximum Gasteiger partial charge on any atom is 0.337 e. The van der Waals surface area contributed by atoms with E-state index in [1.54, 1.807) is 7.11 Å². The van der Waals surface area contributed by atoms with Gasteiger partial charge < -0.3 is 28.8 Å². The third kappa shape index (κ3) is 3.12. The number of fused-ring (bicyclic) bond motifs is 2. The largest absolute Gasteiger partial charge is 0.484 e. The van der Waals surface area contributed by atoms with Gasteiger partial charge in [-0.3, -0.25) is 4.90 Å². The summed E-state index contributed by atoms with van der Waals surface area (Å²) in [4.78, 5) is 15.9. The van der Waals surface area contributed by atoms with Crippen LogP contribution in [0, 0.1) is 38.9 Å². The molecule has 2 heterocycles. The number of carbonyl (C=O) groups is 1. The zero-order chi connectivity index (χ0) is 31.2. The van der Waals surface area contributed by atoms with E-state index < -0.39 is 22.8 Å². The third-order valence-corrected chi connectivity index (χ3v) is 15.1. The van der Waals surface area contributed by atoms with E-state index in [4.69, 9.17) is 23.7 Å². The zero-order valence-corrected chi connectivity index (χ0v) is 27.9. The van der Waals surface area contributed by atoms with Crippen LogP contribution in [0.2, 0.25) is 0 Å². The van der Waals surface area contributed by atoms with Crippen molar-refractivity contribution >= 4 is 5.97 Å². The van der Waals surface area contributed by atoms with Crippen molar-refractivity contribution in [3.8, 4) is 0 Å². The van der Waals surface area contributed by atoms with Gasteiger partial charge in [0.2, 0.25) is 0 Å². The van der Waals surface area contributed by atoms with E-state index in [-0.39, 0.29) is 39.6 Å². The Hall–Kier alpha value is -1.45. The van der Waals surface area contributed by atoms with Gasteiger partial charge in [-0.05, 0) is 94.6 Å². The summed E-state index contributed by atoms with van der Waals surface area (Å²) in [6.07, 6.45) is 13.2. The number of likely N-dealkylation sites (tertiary alicyclic amines) is 1. The number of rotatable bonds is 10. The fourth-order valence-corrected chi connectivity index (χ4v) is 12.7. The second-order valence-electron chi connectivity index (χ2n) is 17.1. The lowest BCUT2D eigenvalue weighted by Crippen LogP contribution is -2.86. The maximum atomic E-state index is 13.1. The molecule has 8 heteroatoms. The van der Waals surface area contributed by atoms with Gasteiger partial charge >= 0.3 is 5.97 Å². The van der Waals surface area contributed by atoms with Gasteiger partial charge in [-0.2, -0.15) is 0 Å². The monoisotopic (exact) mass is 611 g/mol. The minimum atomic E-state index is -0.981. The molecule has 0 aromatic carbocycles. The van der Waals surface area contributed by atoms with E-state index in [0.717, 1.165) is 56.7 Å². The molecule has 0 aromatic heterocycles. The predicted octanol–water partition coefficient (Wildman–Crippen LogP) is 5.00. The van der Waals surface area contributed by atoms with E-state index in [9.17, 15) is 9.90 Å². The molecule has 244 valence electrons. The molecule has 7 aliphatic carbocycles. The second kappa shape index (κ2) is 8.91. The summed E-state index contributed by atoms with van der Waals surface area (Å²) in [7, 11) is 3.46. The molecular weight excluding hydrogens is 558 g/mol. The molecule has 44 heavy (non-hydrogen) atoms. The van der Waals surface area contributed by atoms with Crippen molar-refractivity contribution in [2.75, 3.05) is 47.1 Å². The highest BCUT2D eigenvalue weighted by Crippen LogP contribution is 2.97. The van der Waals surface area contributed by atoms with Crippen LogP contribution in [0.15, 0.2) is 23.7 Å². The lowest BCUT2D eigenvalue weighted by Gasteiger charge is -2.80. The first kappa shape index (κ1) is 29.9. The molecule has 2 aliphatic heterocycles. The fourth-order valence-electron chi connectivity index (χ4n) is 12.7. The molecule has 9 rings (SSSR count). The molecule has 6 saturated carbocycles. The maximum absolute atomic E-state index is 13.1. The number of hydrogen-bond acceptors (Lipinski definition) is 8. The number of methoxy groups -OCH3 is 2. The minimum absolute atomic E-state index is 0.00242. The Morgan fingerprint density at radius 2 is 1.89 bits per heavy atom. The highest BCUT2D eigenvalue weighted by molar-refractivity contribution is 5.73. The highest BCUT2D eigenvalue weighted by atomic mass is 16.6. The van der Waals surface area contributed by atoms with Crippen molar-refractivity contribution in [3.05, 3.63) is 23.7 Å². The molecular formula is C36H53NO7. The van der Waals surface area contributed by atoms with Crippen LogP contribution in [0.5, 0.6) is 0 Å². The summed E-state index contributed by atoms with van der Waals surface area (Å²) in [5.74, 6) is 1.71. The van der Waals surface area contributed by atoms with Crippen molar-refractivity contribution < 1.29 is 33.6 Å². The van der Waals surface area contributed by atoms with E-state index in [1.165, 1.54) is 19.4 Å². The Bertz CT molecular complexity index is 1330. The molecule has 0 radical (unpaired) electrons. The molecule has 1 N–H and O–H groups in total. The Labute approximate surface area is 262 Å². The van der Waals surface area contributed by atoms with Gasteiger partial charge in [0, 0.05) is 43.6 Å². The molecule has 8 fully saturated rings. The second-order valence-corrected chi connectivity index (χ2v) is 17.1. The molecule has 0 amide bonds. The van der Waals surface area contributed by atoms with Gasteiger partial charge in [0.25, 0.3) is 0 Å². The number of esters is 1. The summed E-state index contributed by atoms with van der Waals surface area (Å²) in [5.41, 5.74) is -3.13. The van der Waals surface area contributed by atoms with Gasteiger partial charge in [-0.1, -0.05) is 26.8 Å². The van der Waals surface area contributed by atoms with Crippen LogP contribution in [0.1, 0.15) is 86.0 Å². The first-order valence-corrected chi connectivity index (χ1v) is 17.2. The lowest BCUT2D eigenvalue weighted by molar-refractivity contribution is -0.381. The highest BCUT2D eigenvalue weighted by Gasteiger charge is 2.99. The van der Waals surface area contributed by atoms with Gasteiger partial charge in [-0.25, -0.2) is 4.79 Å². The van der Waals surface area contributed by atoms with Gasteiger partial charge in [0.05, 0.1) is 24.2 Å². The average Bonchev–Trinajstić information content (AvgIpc) is 3.88. The predicted molar refractivity (Wildman–Crippen MR) is 163 cm³/mol. The standard InChI is InChI=1S/C36H53NO7/c1-29(2,3)30(4,39)25-18-33-12-13-35(25,41-7)31(5)36(33)14-15-37(20-23-8-9-23)26(33)19-32-11-10-24(28(44-31)34(32,36)22-32)43-27(38)21-42-17-16-40-6/h10-11,23,25-26,39H,8-9,12-22H2,1-7H3/t25-,26-,30+,31-,32?,33-,34?,35-,36+/m1/s1. The van der Waals surface area contributed by atoms with Gasteiger partial charge in [0.15, 0.2) is 5.76 Å². The van der Waals surface area contributed by atoms with Crippen molar-refractivity contribution in [1.82, 2.24) is 4.90 Å². The lowest BCUT2D eigenvalue weighted by atomic mass is 9.27. The number of ether oxygens (including phenoxy) is 5. The molecule has 4 bridgehead atoms. The van der Waals surface area contributed by atoms with Crippen molar-refractivity contribution in [2.24, 2.45) is 38.9 Å². The number of aliphatic hydroxyl groups is 1. The molecule has 0 aromatic rings. The Morgan fingerprint density at radius 3 is 2.57 bits per heavy atom. The zero-order valence-electron chi connectivity index (χ0n) is 27.9. The van der Waals surface area contributed by atoms with E-state index in [0.29, 0.717) is 25.0 Å². The first-order chi connectivity index (χ1) is 20.7. The summed E-state index contributed by atoms with van der Waals surface area (Å²) in [6, 6.07) is 0.436. The normalized spacial score (nSPS) is 47.5. The van der Waals surface area contributed by atoms with Gasteiger partial charge in [0.1, 0.15) is 23.6 Å². The van der Waals surface area contributed by atoms with Crippen molar-refractivity contribution in [2.45, 2.75) is 109 Å². The molecule has 2 saturated heterocycles. The Kier molecular flexibility index (Phi) is 6.06. The summed E-state index contributed by atoms with van der Waals surface area (Å²) >= 11 is 0. The molecule has 8 nitrogen and oxygen atoms in total. The van der Waals surface area contributed by atoms with Crippen LogP contribution in [0.25, 0.3) is 0 Å². The van der Waals surface area contributed by atoms with Crippen LogP contribution in [0.4, 0.5) is 0 Å². The summed E-state index contributed by atoms with van der Waals surface area (Å²) in [6.45, 7) is 13.7. The van der Waals surface area contributed by atoms with Crippen LogP contribution >= 0.6 is 0 Å². The molecule has 2 unspecified atom stereocenters. The summed E-state index contributed by atoms with van der Waals surface area (Å²) in [5, 5.41) is 12.6. The summed E-state index contributed by atoms with van der Waals surface area (Å²) < 4.78 is 31.1. The molecule has 9 atom stereocenters. The molecule has 9 aliphatic rings. The van der Waals surface area contributed by atoms with E-state index in [2.05, 4.69) is 38.7 Å². The SMILES string of the molecule is COCCOCC(=O)OC1=C2O[C@@]3(C)[C@]45CCN(CC6CC6)[C@H](CC6(C=C1)CC264)[C@]51CC[C@@]3(OC)[C@@H]([C@](C)(O)C(C)(C)C)C1. The van der Waals surface area contributed by atoms with E-state index >= 15 is 0 Å². The van der Waals surface area contributed by atoms with Crippen molar-refractivity contribution in [3.63, 3.8) is 0 Å². The fraction of sp³-hybridized carbons (Fsp3) is 0.861. The van der Waals surface area contributed by atoms with Crippen LogP contribution < -0.4 is 0 Å². The Balaban J connectivity index is 1.29. The topological polar surface area (TPSA) is 86.7 Å². The quantitative estimate of drug-likeness (QED) is 0.273. The third-order valence-electron chi connectivity index (χ3n) is 15.1. The number of piperidine rings is 1. The number of carbonyl (C=O) groups excluding carboxylic acids is 1. The van der Waals surface area contributed by atoms with Gasteiger partial charge in [-0.15, -0.1) is 0 Å². The minimum Gasteiger partial charge on any atom is -0.484 e. The first-order valence-electron chi connectivity index (χ1n) is 17.2. The Morgan fingerprint density at radius 1 is 1.11 bits per heavy atom. The number of hydrogen-bond donors (Lipinski definition) is 1. The van der Waals surface area contributed by atoms with E-state index in [1.807, 2.05) is 20.1 Å². The van der Waals surface area contributed by atoms with Crippen LogP contribution in [-0.2, 0) is 28.5 Å². The smallest absolute Gasteiger partial charge is 0.337 e. The molecule has 3 spiro atoms. The van der Waals surface area contributed by atoms with Crippen LogP contribution in [0.3, 0.4) is 0 Å². The average molecular weight is 612 g/mol.